The first-order chi connectivity index (χ1) is 16.6. The van der Waals surface area contributed by atoms with Crippen LogP contribution in [0.1, 0.15) is 26.3 Å². The molecule has 168 valence electrons. The minimum atomic E-state index is -0.228. The van der Waals surface area contributed by atoms with Crippen LogP contribution in [0.3, 0.4) is 0 Å². The maximum Gasteiger partial charge on any atom is 0.261 e. The number of amides is 2. The van der Waals surface area contributed by atoms with Gasteiger partial charge in [0.2, 0.25) is 0 Å². The molecule has 0 saturated heterocycles. The van der Waals surface area contributed by atoms with Crippen molar-refractivity contribution in [2.24, 2.45) is 0 Å². The highest BCUT2D eigenvalue weighted by atomic mass is 16.5. The van der Waals surface area contributed by atoms with Gasteiger partial charge in [-0.15, -0.1) is 0 Å². The third-order valence-electron chi connectivity index (χ3n) is 5.92. The van der Waals surface area contributed by atoms with Crippen LogP contribution >= 0.6 is 0 Å². The first kappa shape index (κ1) is 21.5. The molecule has 0 fully saturated rings. The largest absolute Gasteiger partial charge is 0.496 e. The van der Waals surface area contributed by atoms with Gasteiger partial charge in [0.05, 0.1) is 18.2 Å². The summed E-state index contributed by atoms with van der Waals surface area (Å²) in [7, 11) is 1.66. The molecule has 0 unspecified atom stereocenters. The van der Waals surface area contributed by atoms with E-state index < -0.39 is 0 Å². The van der Waals surface area contributed by atoms with Gasteiger partial charge in [0.25, 0.3) is 11.8 Å². The lowest BCUT2D eigenvalue weighted by atomic mass is 10.0. The van der Waals surface area contributed by atoms with Gasteiger partial charge < -0.3 is 9.47 Å². The third-order valence-corrected chi connectivity index (χ3v) is 5.92. The van der Waals surface area contributed by atoms with E-state index in [2.05, 4.69) is 0 Å². The summed E-state index contributed by atoms with van der Waals surface area (Å²) in [6, 6.07) is 30.4. The molecule has 0 saturated carbocycles. The van der Waals surface area contributed by atoms with Gasteiger partial charge in [-0.1, -0.05) is 54.6 Å². The van der Waals surface area contributed by atoms with E-state index in [0.29, 0.717) is 35.6 Å². The van der Waals surface area contributed by atoms with Crippen LogP contribution in [0.5, 0.6) is 17.2 Å². The lowest BCUT2D eigenvalue weighted by molar-refractivity contribution is 0.0656. The Morgan fingerprint density at radius 3 is 1.94 bits per heavy atom. The first-order valence-corrected chi connectivity index (χ1v) is 11.1. The lowest BCUT2D eigenvalue weighted by Gasteiger charge is -2.14. The van der Waals surface area contributed by atoms with Crippen molar-refractivity contribution in [1.29, 1.82) is 0 Å². The fourth-order valence-electron chi connectivity index (χ4n) is 4.14. The van der Waals surface area contributed by atoms with Crippen molar-refractivity contribution in [1.82, 2.24) is 4.90 Å². The van der Waals surface area contributed by atoms with Crippen molar-refractivity contribution < 1.29 is 19.1 Å². The zero-order valence-electron chi connectivity index (χ0n) is 18.7. The molecular weight excluding hydrogens is 426 g/mol. The Kier molecular flexibility index (Phi) is 5.83. The Morgan fingerprint density at radius 2 is 1.29 bits per heavy atom. The number of imide groups is 1. The van der Waals surface area contributed by atoms with E-state index in [1.54, 1.807) is 31.4 Å². The third kappa shape index (κ3) is 4.16. The number of fused-ring (bicyclic) bond motifs is 1. The SMILES string of the molecule is COc1ccc(Oc2ccc(CCN3C(=O)c4ccccc4C3=O)cc2)cc1-c1ccccc1. The Balaban J connectivity index is 1.26. The van der Waals surface area contributed by atoms with Gasteiger partial charge in [0.15, 0.2) is 0 Å². The van der Waals surface area contributed by atoms with Crippen LogP contribution in [0.2, 0.25) is 0 Å². The van der Waals surface area contributed by atoms with Crippen LogP contribution in [0, 0.1) is 0 Å². The number of rotatable bonds is 7. The molecule has 0 N–H and O–H groups in total. The first-order valence-electron chi connectivity index (χ1n) is 11.1. The van der Waals surface area contributed by atoms with Crippen LogP contribution in [-0.4, -0.2) is 30.4 Å². The average Bonchev–Trinajstić information content (AvgIpc) is 3.13. The van der Waals surface area contributed by atoms with Gasteiger partial charge in [-0.3, -0.25) is 14.5 Å². The van der Waals surface area contributed by atoms with Crippen molar-refractivity contribution in [3.05, 3.63) is 114 Å². The minimum Gasteiger partial charge on any atom is -0.496 e. The summed E-state index contributed by atoms with van der Waals surface area (Å²) in [5, 5.41) is 0. The smallest absolute Gasteiger partial charge is 0.261 e. The molecular formula is C29H23NO4. The fraction of sp³-hybridized carbons (Fsp3) is 0.103. The number of carbonyl (C=O) groups excluding carboxylic acids is 2. The van der Waals surface area contributed by atoms with Gasteiger partial charge in [0.1, 0.15) is 17.2 Å². The second-order valence-corrected chi connectivity index (χ2v) is 8.03. The van der Waals surface area contributed by atoms with Gasteiger partial charge in [-0.2, -0.15) is 0 Å². The number of hydrogen-bond acceptors (Lipinski definition) is 4. The van der Waals surface area contributed by atoms with Crippen LogP contribution in [-0.2, 0) is 6.42 Å². The quantitative estimate of drug-likeness (QED) is 0.325. The standard InChI is InChI=1S/C29H23NO4/c1-33-27-16-15-23(19-26(27)21-7-3-2-4-8-21)34-22-13-11-20(12-14-22)17-18-30-28(31)24-9-5-6-10-25(24)29(30)32/h2-16,19H,17-18H2,1H3. The maximum atomic E-state index is 12.5. The van der Waals surface area contributed by atoms with E-state index in [9.17, 15) is 9.59 Å². The van der Waals surface area contributed by atoms with E-state index in [1.165, 1.54) is 4.90 Å². The minimum absolute atomic E-state index is 0.228. The molecule has 1 aliphatic heterocycles. The molecule has 0 radical (unpaired) electrons. The van der Waals surface area contributed by atoms with Gasteiger partial charge in [-0.05, 0) is 60.0 Å². The second-order valence-electron chi connectivity index (χ2n) is 8.03. The highest BCUT2D eigenvalue weighted by molar-refractivity contribution is 6.21. The topological polar surface area (TPSA) is 55.8 Å². The second kappa shape index (κ2) is 9.24. The van der Waals surface area contributed by atoms with Crippen molar-refractivity contribution in [3.63, 3.8) is 0 Å². The molecule has 5 nitrogen and oxygen atoms in total. The van der Waals surface area contributed by atoms with Crippen molar-refractivity contribution in [3.8, 4) is 28.4 Å². The van der Waals surface area contributed by atoms with E-state index in [1.807, 2.05) is 72.8 Å². The molecule has 5 heteroatoms. The summed E-state index contributed by atoms with van der Waals surface area (Å²) >= 11 is 0. The molecule has 0 aromatic heterocycles. The van der Waals surface area contributed by atoms with E-state index in [4.69, 9.17) is 9.47 Å². The average molecular weight is 450 g/mol. The zero-order valence-corrected chi connectivity index (χ0v) is 18.7. The number of benzene rings is 4. The number of nitrogens with zero attached hydrogens (tertiary/aromatic N) is 1. The summed E-state index contributed by atoms with van der Waals surface area (Å²) in [4.78, 5) is 26.4. The Bertz CT molecular complexity index is 1310. The highest BCUT2D eigenvalue weighted by Gasteiger charge is 2.34. The predicted octanol–water partition coefficient (Wildman–Crippen LogP) is 5.99. The molecule has 1 aliphatic rings. The predicted molar refractivity (Wildman–Crippen MR) is 130 cm³/mol. The Morgan fingerprint density at radius 1 is 0.676 bits per heavy atom. The van der Waals surface area contributed by atoms with E-state index >= 15 is 0 Å². The highest BCUT2D eigenvalue weighted by Crippen LogP contribution is 2.35. The Hall–Kier alpha value is -4.38. The van der Waals surface area contributed by atoms with Gasteiger partial charge in [0, 0.05) is 12.1 Å². The van der Waals surface area contributed by atoms with Crippen molar-refractivity contribution in [2.45, 2.75) is 6.42 Å². The molecule has 2 amide bonds. The fourth-order valence-corrected chi connectivity index (χ4v) is 4.14. The van der Waals surface area contributed by atoms with Crippen molar-refractivity contribution in [2.75, 3.05) is 13.7 Å². The van der Waals surface area contributed by atoms with Gasteiger partial charge in [-0.25, -0.2) is 0 Å². The van der Waals surface area contributed by atoms with E-state index in [-0.39, 0.29) is 11.8 Å². The Labute approximate surface area is 198 Å². The molecule has 0 aliphatic carbocycles. The van der Waals surface area contributed by atoms with Crippen LogP contribution in [0.4, 0.5) is 0 Å². The monoisotopic (exact) mass is 449 g/mol. The number of methoxy groups -OCH3 is 1. The summed E-state index contributed by atoms with van der Waals surface area (Å²) in [5.41, 5.74) is 3.98. The summed E-state index contributed by atoms with van der Waals surface area (Å²) in [6.07, 6.45) is 0.576. The summed E-state index contributed by atoms with van der Waals surface area (Å²) < 4.78 is 11.6. The maximum absolute atomic E-state index is 12.5. The number of carbonyl (C=O) groups is 2. The van der Waals surface area contributed by atoms with Crippen LogP contribution in [0.15, 0.2) is 97.1 Å². The molecule has 4 aromatic rings. The summed E-state index contributed by atoms with van der Waals surface area (Å²) in [5.74, 6) is 1.73. The normalized spacial score (nSPS) is 12.6. The van der Waals surface area contributed by atoms with E-state index in [0.717, 1.165) is 22.4 Å². The molecule has 34 heavy (non-hydrogen) atoms. The lowest BCUT2D eigenvalue weighted by Crippen LogP contribution is -2.31. The molecule has 0 atom stereocenters. The van der Waals surface area contributed by atoms with Crippen LogP contribution < -0.4 is 9.47 Å². The molecule has 0 spiro atoms. The summed E-state index contributed by atoms with van der Waals surface area (Å²) in [6.45, 7) is 0.339. The molecule has 0 bridgehead atoms. The van der Waals surface area contributed by atoms with Gasteiger partial charge >= 0.3 is 0 Å². The molecule has 4 aromatic carbocycles. The van der Waals surface area contributed by atoms with Crippen molar-refractivity contribution >= 4 is 11.8 Å². The molecule has 1 heterocycles. The van der Waals surface area contributed by atoms with Crippen LogP contribution in [0.25, 0.3) is 11.1 Å². The number of hydrogen-bond donors (Lipinski definition) is 0. The number of ether oxygens (including phenoxy) is 2. The molecule has 5 rings (SSSR count). The zero-order chi connectivity index (χ0) is 23.5.